The first kappa shape index (κ1) is 26.9. The van der Waals surface area contributed by atoms with Crippen LogP contribution in [0.4, 0.5) is 10.5 Å². The van der Waals surface area contributed by atoms with E-state index in [2.05, 4.69) is 0 Å². The van der Waals surface area contributed by atoms with Crippen LogP contribution in [-0.2, 0) is 20.2 Å². The molecule has 31 heavy (non-hydrogen) atoms. The minimum Gasteiger partial charge on any atom is -1.00 e. The third kappa shape index (κ3) is 4.58. The number of carbonyl (C=O) groups excluding carboxylic acids is 3. The number of amides is 4. The van der Waals surface area contributed by atoms with E-state index in [1.54, 1.807) is 10.9 Å². The number of nitrogens with zero attached hydrogens (tertiary/aromatic N) is 1. The summed E-state index contributed by atoms with van der Waals surface area (Å²) in [5.41, 5.74) is 7.42. The molecule has 0 bridgehead atoms. The Kier molecular flexibility index (Phi) is 7.63. The molecule has 2 aromatic carbocycles. The first-order chi connectivity index (χ1) is 13.3. The molecule has 14 nitrogen and oxygen atoms in total. The van der Waals surface area contributed by atoms with Crippen molar-refractivity contribution in [1.82, 2.24) is 15.9 Å². The summed E-state index contributed by atoms with van der Waals surface area (Å²) in [5.74, 6) is 2.44. The molecule has 1 aliphatic rings. The van der Waals surface area contributed by atoms with Crippen molar-refractivity contribution in [3.8, 4) is 0 Å². The van der Waals surface area contributed by atoms with Crippen LogP contribution in [-0.4, -0.2) is 48.8 Å². The van der Waals surface area contributed by atoms with Crippen LogP contribution in [0, 0.1) is 0 Å². The quantitative estimate of drug-likeness (QED) is 0.0477. The Morgan fingerprint density at radius 1 is 0.968 bits per heavy atom. The first-order valence-corrected chi connectivity index (χ1v) is 10.2. The Morgan fingerprint density at radius 3 is 1.94 bits per heavy atom. The maximum absolute atomic E-state index is 12.7. The van der Waals surface area contributed by atoms with E-state index in [-0.39, 0.29) is 51.0 Å². The van der Waals surface area contributed by atoms with Crippen molar-refractivity contribution in [2.45, 2.75) is 9.79 Å². The first-order valence-electron chi connectivity index (χ1n) is 7.28. The largest absolute Gasteiger partial charge is 1.00 e. The zero-order valence-electron chi connectivity index (χ0n) is 17.9. The van der Waals surface area contributed by atoms with E-state index in [0.717, 1.165) is 6.07 Å². The van der Waals surface area contributed by atoms with Crippen LogP contribution in [0.25, 0.3) is 10.8 Å². The van der Waals surface area contributed by atoms with E-state index in [4.69, 9.17) is 11.6 Å². The third-order valence-corrected chi connectivity index (χ3v) is 5.72. The van der Waals surface area contributed by atoms with Crippen LogP contribution >= 0.6 is 0 Å². The van der Waals surface area contributed by atoms with E-state index in [9.17, 15) is 40.3 Å². The van der Waals surface area contributed by atoms with Gasteiger partial charge >= 0.3 is 43.8 Å². The predicted octanol–water partition coefficient (Wildman–Crippen LogP) is -7.17. The molecule has 3 rings (SSSR count). The maximum Gasteiger partial charge on any atom is 1.00 e. The third-order valence-electron chi connectivity index (χ3n) is 4.00. The van der Waals surface area contributed by atoms with Crippen LogP contribution in [0.1, 0.15) is 23.6 Å². The maximum atomic E-state index is 12.7. The molecule has 8 N–H and O–H groups in total. The second-order valence-corrected chi connectivity index (χ2v) is 8.52. The van der Waals surface area contributed by atoms with Crippen molar-refractivity contribution < 1.29 is 80.9 Å². The van der Waals surface area contributed by atoms with Gasteiger partial charge in [-0.15, -0.1) is 0 Å². The molecule has 1 heterocycles. The Labute approximate surface area is 201 Å². The number of hydrazine groups is 2. The van der Waals surface area contributed by atoms with Crippen molar-refractivity contribution in [2.75, 3.05) is 5.73 Å². The van der Waals surface area contributed by atoms with E-state index in [1.165, 1.54) is 0 Å². The van der Waals surface area contributed by atoms with Gasteiger partial charge in [0.1, 0.15) is 4.90 Å². The second kappa shape index (κ2) is 8.79. The number of rotatable bonds is 3. The molecule has 0 fully saturated rings. The minimum atomic E-state index is -4.99. The summed E-state index contributed by atoms with van der Waals surface area (Å²) in [6, 6.07) is 0.894. The van der Waals surface area contributed by atoms with Gasteiger partial charge in [0.05, 0.1) is 21.7 Å². The van der Waals surface area contributed by atoms with Crippen molar-refractivity contribution in [1.29, 1.82) is 0 Å². The fourth-order valence-corrected chi connectivity index (χ4v) is 3.99. The fourth-order valence-electron chi connectivity index (χ4n) is 2.80. The molecule has 0 spiro atoms. The summed E-state index contributed by atoms with van der Waals surface area (Å²) in [7, 11) is -9.89. The normalized spacial score (nSPS) is 13.3. The molecular formula is C13H13Li2N5O9S2. The van der Waals surface area contributed by atoms with Gasteiger partial charge in [-0.3, -0.25) is 24.1 Å². The van der Waals surface area contributed by atoms with Crippen molar-refractivity contribution in [3.05, 3.63) is 29.3 Å². The number of carbonyl (C=O) groups is 3. The number of nitrogens with two attached hydrogens (primary N) is 2. The number of hydrogen-bond donors (Lipinski definition) is 6. The average molecular weight is 461 g/mol. The van der Waals surface area contributed by atoms with E-state index in [0.29, 0.717) is 12.1 Å². The molecule has 0 unspecified atom stereocenters. The van der Waals surface area contributed by atoms with Crippen LogP contribution < -0.4 is 60.1 Å². The van der Waals surface area contributed by atoms with Gasteiger partial charge in [0.15, 0.2) is 0 Å². The molecule has 18 heteroatoms. The standard InChI is InChI=1S/C13H11N5O9S2.2Li.2H/c14-10-5-1-4(28(22,23)24)2-6-9(5)7(3-8(10)29(25,26)27)12(20)18(11(6)19)17-13(21)16-15;;;;/h1-3H,14-15H2,(H2,16,17,21)(H,22,23,24)(H,25,26,27);;;;/q;2*+1;2*-1. The molecule has 0 atom stereocenters. The zero-order chi connectivity index (χ0) is 21.9. The van der Waals surface area contributed by atoms with Crippen molar-refractivity contribution >= 4 is 54.5 Å². The SMILES string of the molecule is NNC(=O)NN1C(=O)c2cc(S(=O)(=O)O)cc3c(N)c(S(=O)(=O)O)cc(c23)C1=O.[H-].[H-].[Li+].[Li+]. The van der Waals surface area contributed by atoms with Gasteiger partial charge in [-0.2, -0.15) is 21.8 Å². The fraction of sp³-hybridized carbons (Fsp3) is 0. The summed E-state index contributed by atoms with van der Waals surface area (Å²) in [6.45, 7) is 0. The van der Waals surface area contributed by atoms with Gasteiger partial charge in [-0.25, -0.2) is 16.1 Å². The molecule has 1 aliphatic heterocycles. The smallest absolute Gasteiger partial charge is 1.00 e. The van der Waals surface area contributed by atoms with Gasteiger partial charge in [0, 0.05) is 10.8 Å². The monoisotopic (exact) mass is 461 g/mol. The molecule has 2 aromatic rings. The molecule has 0 saturated carbocycles. The van der Waals surface area contributed by atoms with Crippen molar-refractivity contribution in [3.63, 3.8) is 0 Å². The zero-order valence-corrected chi connectivity index (χ0v) is 17.5. The predicted molar refractivity (Wildman–Crippen MR) is 96.6 cm³/mol. The van der Waals surface area contributed by atoms with E-state index < -0.39 is 70.1 Å². The Morgan fingerprint density at radius 2 is 1.48 bits per heavy atom. The van der Waals surface area contributed by atoms with Gasteiger partial charge in [-0.1, -0.05) is 0 Å². The molecule has 0 saturated heterocycles. The van der Waals surface area contributed by atoms with Crippen LogP contribution in [0.5, 0.6) is 0 Å². The number of nitrogens with one attached hydrogen (secondary N) is 2. The number of benzene rings is 2. The van der Waals surface area contributed by atoms with E-state index >= 15 is 0 Å². The molecule has 0 aromatic heterocycles. The summed E-state index contributed by atoms with van der Waals surface area (Å²) in [6.07, 6.45) is 0. The Hall–Kier alpha value is -2.12. The minimum absolute atomic E-state index is 0. The van der Waals surface area contributed by atoms with Crippen LogP contribution in [0.3, 0.4) is 0 Å². The molecule has 4 amide bonds. The van der Waals surface area contributed by atoms with Gasteiger partial charge in [0.25, 0.3) is 32.1 Å². The van der Waals surface area contributed by atoms with Crippen LogP contribution in [0.15, 0.2) is 28.0 Å². The summed E-state index contributed by atoms with van der Waals surface area (Å²) in [5, 5.41) is -0.523. The van der Waals surface area contributed by atoms with Gasteiger partial charge in [0.2, 0.25) is 0 Å². The molecule has 0 aliphatic carbocycles. The molecular weight excluding hydrogens is 448 g/mol. The van der Waals surface area contributed by atoms with Crippen LogP contribution in [0.2, 0.25) is 0 Å². The summed E-state index contributed by atoms with van der Waals surface area (Å²) >= 11 is 0. The number of anilines is 1. The Balaban J connectivity index is 0. The second-order valence-electron chi connectivity index (χ2n) is 5.71. The number of imide groups is 1. The molecule has 0 radical (unpaired) electrons. The topological polar surface area (TPSA) is 239 Å². The number of urea groups is 1. The van der Waals surface area contributed by atoms with Gasteiger partial charge < -0.3 is 8.59 Å². The number of hydrogen-bond acceptors (Lipinski definition) is 9. The Bertz CT molecular complexity index is 1330. The van der Waals surface area contributed by atoms with E-state index in [1.807, 2.05) is 0 Å². The summed E-state index contributed by atoms with van der Waals surface area (Å²) < 4.78 is 65.2. The number of nitrogen functional groups attached to an aromatic ring is 1. The van der Waals surface area contributed by atoms with Crippen molar-refractivity contribution in [2.24, 2.45) is 5.84 Å². The van der Waals surface area contributed by atoms with Gasteiger partial charge in [-0.05, 0) is 18.2 Å². The molecule has 158 valence electrons. The summed E-state index contributed by atoms with van der Waals surface area (Å²) in [4.78, 5) is 35.0. The average Bonchev–Trinajstić information content (AvgIpc) is 2.61.